The lowest BCUT2D eigenvalue weighted by molar-refractivity contribution is -0.140. The third kappa shape index (κ3) is 2.64. The van der Waals surface area contributed by atoms with Crippen LogP contribution in [-0.4, -0.2) is 39.1 Å². The van der Waals surface area contributed by atoms with Crippen molar-refractivity contribution in [2.24, 2.45) is 7.05 Å². The number of rotatable bonds is 3. The fourth-order valence-corrected chi connectivity index (χ4v) is 2.62. The number of aromatic nitrogens is 2. The van der Waals surface area contributed by atoms with Crippen LogP contribution in [0.1, 0.15) is 24.6 Å². The number of imide groups is 1. The number of hydrogen-bond acceptors (Lipinski definition) is 4. The minimum Gasteiger partial charge on any atom is -0.294 e. The van der Waals surface area contributed by atoms with E-state index in [0.29, 0.717) is 18.1 Å². The van der Waals surface area contributed by atoms with E-state index in [0.717, 1.165) is 11.3 Å². The van der Waals surface area contributed by atoms with Crippen LogP contribution in [0, 0.1) is 6.92 Å². The third-order valence-corrected chi connectivity index (χ3v) is 3.84. The van der Waals surface area contributed by atoms with Gasteiger partial charge in [0.05, 0.1) is 18.3 Å². The number of carbonyl (C=O) groups excluding carboxylic acids is 2. The normalized spacial score (nSPS) is 20.7. The molecule has 104 valence electrons. The third-order valence-electron chi connectivity index (χ3n) is 3.37. The van der Waals surface area contributed by atoms with Crippen LogP contribution >= 0.6 is 11.6 Å². The molecule has 1 saturated heterocycles. The maximum atomic E-state index is 11.8. The molecule has 0 aliphatic carbocycles. The van der Waals surface area contributed by atoms with Crippen molar-refractivity contribution in [2.45, 2.75) is 32.9 Å². The molecule has 0 aromatic carbocycles. The van der Waals surface area contributed by atoms with Crippen molar-refractivity contribution in [2.75, 3.05) is 6.54 Å². The first-order valence-corrected chi connectivity index (χ1v) is 6.57. The molecule has 6 nitrogen and oxygen atoms in total. The van der Waals surface area contributed by atoms with Crippen LogP contribution in [0.5, 0.6) is 0 Å². The summed E-state index contributed by atoms with van der Waals surface area (Å²) >= 11 is 6.19. The maximum Gasteiger partial charge on any atom is 0.243 e. The van der Waals surface area contributed by atoms with E-state index >= 15 is 0 Å². The molecule has 2 heterocycles. The zero-order valence-corrected chi connectivity index (χ0v) is 12.0. The average Bonchev–Trinajstić information content (AvgIpc) is 2.55. The first-order valence-electron chi connectivity index (χ1n) is 6.19. The molecule has 1 aromatic heterocycles. The molecule has 1 atom stereocenters. The molecular weight excluding hydrogens is 268 g/mol. The highest BCUT2D eigenvalue weighted by molar-refractivity contribution is 6.30. The van der Waals surface area contributed by atoms with E-state index < -0.39 is 0 Å². The fraction of sp³-hybridized carbons (Fsp3) is 0.583. The number of amides is 2. The molecule has 7 heteroatoms. The summed E-state index contributed by atoms with van der Waals surface area (Å²) in [6, 6.07) is -0.298. The lowest BCUT2D eigenvalue weighted by Gasteiger charge is -2.33. The molecule has 0 saturated carbocycles. The number of carbonyl (C=O) groups is 2. The fourth-order valence-electron chi connectivity index (χ4n) is 2.39. The zero-order valence-electron chi connectivity index (χ0n) is 11.2. The molecule has 2 amide bonds. The zero-order chi connectivity index (χ0) is 14.2. The van der Waals surface area contributed by atoms with Crippen molar-refractivity contribution in [1.82, 2.24) is 20.0 Å². The van der Waals surface area contributed by atoms with Gasteiger partial charge in [-0.25, -0.2) is 0 Å². The second-order valence-corrected chi connectivity index (χ2v) is 5.08. The summed E-state index contributed by atoms with van der Waals surface area (Å²) in [5.41, 5.74) is 1.69. The number of hydrogen-bond donors (Lipinski definition) is 1. The van der Waals surface area contributed by atoms with Crippen molar-refractivity contribution < 1.29 is 9.59 Å². The lowest BCUT2D eigenvalue weighted by Crippen LogP contribution is -2.57. The van der Waals surface area contributed by atoms with Gasteiger partial charge in [0.2, 0.25) is 11.8 Å². The molecule has 1 aliphatic rings. The molecule has 0 radical (unpaired) electrons. The molecule has 0 bridgehead atoms. The van der Waals surface area contributed by atoms with Crippen LogP contribution in [0.15, 0.2) is 0 Å². The van der Waals surface area contributed by atoms with E-state index in [1.54, 1.807) is 11.7 Å². The van der Waals surface area contributed by atoms with E-state index in [1.807, 2.05) is 18.7 Å². The molecule has 1 N–H and O–H groups in total. The summed E-state index contributed by atoms with van der Waals surface area (Å²) in [4.78, 5) is 25.1. The second kappa shape index (κ2) is 5.30. The van der Waals surface area contributed by atoms with Gasteiger partial charge in [0.15, 0.2) is 0 Å². The number of halogens is 1. The highest BCUT2D eigenvalue weighted by Gasteiger charge is 2.33. The summed E-state index contributed by atoms with van der Waals surface area (Å²) in [6.45, 7) is 4.45. The molecule has 19 heavy (non-hydrogen) atoms. The van der Waals surface area contributed by atoms with Crippen LogP contribution in [-0.2, 0) is 23.2 Å². The minimum absolute atomic E-state index is 0.203. The van der Waals surface area contributed by atoms with Gasteiger partial charge in [-0.2, -0.15) is 5.10 Å². The number of nitrogens with zero attached hydrogens (tertiary/aromatic N) is 3. The van der Waals surface area contributed by atoms with Crippen LogP contribution in [0.4, 0.5) is 0 Å². The molecule has 1 aliphatic heterocycles. The van der Waals surface area contributed by atoms with Gasteiger partial charge in [0.25, 0.3) is 0 Å². The van der Waals surface area contributed by atoms with Crippen molar-refractivity contribution >= 4 is 23.4 Å². The first-order chi connectivity index (χ1) is 8.93. The number of nitrogens with one attached hydrogen (secondary N) is 1. The maximum absolute atomic E-state index is 11.8. The van der Waals surface area contributed by atoms with E-state index in [-0.39, 0.29) is 24.4 Å². The molecular formula is C12H17ClN4O2. The highest BCUT2D eigenvalue weighted by Crippen LogP contribution is 2.22. The van der Waals surface area contributed by atoms with Gasteiger partial charge in [-0.3, -0.25) is 24.5 Å². The molecule has 1 unspecified atom stereocenters. The lowest BCUT2D eigenvalue weighted by atomic mass is 10.1. The van der Waals surface area contributed by atoms with Gasteiger partial charge in [0.1, 0.15) is 5.15 Å². The van der Waals surface area contributed by atoms with Gasteiger partial charge in [-0.1, -0.05) is 18.5 Å². The quantitative estimate of drug-likeness (QED) is 0.826. The summed E-state index contributed by atoms with van der Waals surface area (Å²) in [5, 5.41) is 7.14. The van der Waals surface area contributed by atoms with Crippen molar-refractivity contribution in [3.63, 3.8) is 0 Å². The Morgan fingerprint density at radius 3 is 2.68 bits per heavy atom. The van der Waals surface area contributed by atoms with E-state index in [4.69, 9.17) is 11.6 Å². The highest BCUT2D eigenvalue weighted by atomic mass is 35.5. The van der Waals surface area contributed by atoms with E-state index in [1.165, 1.54) is 0 Å². The predicted molar refractivity (Wildman–Crippen MR) is 70.6 cm³/mol. The summed E-state index contributed by atoms with van der Waals surface area (Å²) in [6.07, 6.45) is 0.649. The summed E-state index contributed by atoms with van der Waals surface area (Å²) < 4.78 is 1.60. The Morgan fingerprint density at radius 2 is 2.16 bits per heavy atom. The number of aryl methyl sites for hydroxylation is 2. The Kier molecular flexibility index (Phi) is 3.91. The molecule has 0 spiro atoms. The van der Waals surface area contributed by atoms with E-state index in [9.17, 15) is 9.59 Å². The Labute approximate surface area is 116 Å². The Balaban J connectivity index is 2.25. The van der Waals surface area contributed by atoms with Crippen LogP contribution in [0.2, 0.25) is 5.15 Å². The molecule has 1 fully saturated rings. The topological polar surface area (TPSA) is 67.2 Å². The monoisotopic (exact) mass is 284 g/mol. The number of piperazine rings is 1. The van der Waals surface area contributed by atoms with Crippen LogP contribution in [0.3, 0.4) is 0 Å². The van der Waals surface area contributed by atoms with Crippen LogP contribution < -0.4 is 5.32 Å². The standard InChI is InChI=1S/C12H17ClN4O2/c1-4-9-12(19)14-10(18)6-17(9)5-8-7(2)15-16(3)11(8)13/h9H,4-6H2,1-3H3,(H,14,18,19). The van der Waals surface area contributed by atoms with Crippen molar-refractivity contribution in [3.05, 3.63) is 16.4 Å². The van der Waals surface area contributed by atoms with Gasteiger partial charge in [-0.15, -0.1) is 0 Å². The first kappa shape index (κ1) is 14.0. The van der Waals surface area contributed by atoms with Gasteiger partial charge < -0.3 is 0 Å². The van der Waals surface area contributed by atoms with Gasteiger partial charge in [-0.05, 0) is 13.3 Å². The molecule has 2 rings (SSSR count). The molecule has 1 aromatic rings. The minimum atomic E-state index is -0.298. The van der Waals surface area contributed by atoms with E-state index in [2.05, 4.69) is 10.4 Å². The van der Waals surface area contributed by atoms with Crippen LogP contribution in [0.25, 0.3) is 0 Å². The smallest absolute Gasteiger partial charge is 0.243 e. The van der Waals surface area contributed by atoms with Gasteiger partial charge in [0, 0.05) is 19.2 Å². The predicted octanol–water partition coefficient (Wildman–Crippen LogP) is 0.619. The van der Waals surface area contributed by atoms with Crippen molar-refractivity contribution in [3.8, 4) is 0 Å². The Hall–Kier alpha value is -1.40. The SMILES string of the molecule is CCC1C(=O)NC(=O)CN1Cc1c(C)nn(C)c1Cl. The Bertz CT molecular complexity index is 526. The van der Waals surface area contributed by atoms with Crippen molar-refractivity contribution in [1.29, 1.82) is 0 Å². The average molecular weight is 285 g/mol. The summed E-state index contributed by atoms with van der Waals surface area (Å²) in [7, 11) is 1.77. The second-order valence-electron chi connectivity index (χ2n) is 4.72. The van der Waals surface area contributed by atoms with Gasteiger partial charge >= 0.3 is 0 Å². The summed E-state index contributed by atoms with van der Waals surface area (Å²) in [5.74, 6) is -0.510. The largest absolute Gasteiger partial charge is 0.294 e. The Morgan fingerprint density at radius 1 is 1.47 bits per heavy atom.